The minimum absolute atomic E-state index is 0.138. The van der Waals surface area contributed by atoms with Gasteiger partial charge in [-0.05, 0) is 12.1 Å². The van der Waals surface area contributed by atoms with E-state index in [-0.39, 0.29) is 6.54 Å². The van der Waals surface area contributed by atoms with Crippen molar-refractivity contribution in [1.82, 2.24) is 4.72 Å². The van der Waals surface area contributed by atoms with Crippen molar-refractivity contribution in [3.05, 3.63) is 29.8 Å². The average molecular weight is 300 g/mol. The maximum atomic E-state index is 13.1. The first-order valence-corrected chi connectivity index (χ1v) is 6.58. The molecule has 0 unspecified atom stereocenters. The van der Waals surface area contributed by atoms with Gasteiger partial charge < -0.3 is 0 Å². The van der Waals surface area contributed by atoms with E-state index in [1.165, 1.54) is 0 Å². The van der Waals surface area contributed by atoms with Gasteiger partial charge in [-0.2, -0.15) is 0 Å². The van der Waals surface area contributed by atoms with Crippen molar-refractivity contribution in [3.63, 3.8) is 0 Å². The third kappa shape index (κ3) is 3.22. The van der Waals surface area contributed by atoms with Crippen LogP contribution in [0, 0.1) is 11.6 Å². The summed E-state index contributed by atoms with van der Waals surface area (Å²) in [6.45, 7) is 0.138. The SMILES string of the molecule is O=S(=O)(NCCBr)c1ccc(F)cc1F. The van der Waals surface area contributed by atoms with Gasteiger partial charge in [0, 0.05) is 17.9 Å². The van der Waals surface area contributed by atoms with E-state index in [0.29, 0.717) is 11.4 Å². The summed E-state index contributed by atoms with van der Waals surface area (Å²) in [4.78, 5) is -0.551. The second-order valence-electron chi connectivity index (χ2n) is 2.66. The lowest BCUT2D eigenvalue weighted by atomic mass is 10.3. The highest BCUT2D eigenvalue weighted by Gasteiger charge is 2.18. The third-order valence-corrected chi connectivity index (χ3v) is 3.46. The first-order valence-electron chi connectivity index (χ1n) is 3.98. The molecule has 0 heterocycles. The van der Waals surface area contributed by atoms with Crippen molar-refractivity contribution in [2.75, 3.05) is 11.9 Å². The smallest absolute Gasteiger partial charge is 0.210 e. The first kappa shape index (κ1) is 12.5. The van der Waals surface area contributed by atoms with Crippen LogP contribution < -0.4 is 4.72 Å². The van der Waals surface area contributed by atoms with E-state index in [1.807, 2.05) is 0 Å². The molecule has 1 aromatic rings. The molecule has 0 bridgehead atoms. The molecule has 0 aliphatic heterocycles. The Labute approximate surface area is 94.7 Å². The van der Waals surface area contributed by atoms with Crippen molar-refractivity contribution in [1.29, 1.82) is 0 Å². The molecule has 15 heavy (non-hydrogen) atoms. The number of halogens is 3. The lowest BCUT2D eigenvalue weighted by molar-refractivity contribution is 0.544. The predicted octanol–water partition coefficient (Wildman–Crippen LogP) is 1.64. The van der Waals surface area contributed by atoms with Crippen LogP contribution in [0.1, 0.15) is 0 Å². The van der Waals surface area contributed by atoms with E-state index in [2.05, 4.69) is 20.7 Å². The Bertz CT molecular complexity index is 450. The van der Waals surface area contributed by atoms with E-state index >= 15 is 0 Å². The number of rotatable bonds is 4. The van der Waals surface area contributed by atoms with Gasteiger partial charge in [-0.3, -0.25) is 0 Å². The number of hydrogen-bond acceptors (Lipinski definition) is 2. The molecule has 0 saturated heterocycles. The fourth-order valence-electron chi connectivity index (χ4n) is 0.944. The monoisotopic (exact) mass is 299 g/mol. The summed E-state index contributed by atoms with van der Waals surface area (Å²) < 4.78 is 50.6. The highest BCUT2D eigenvalue weighted by atomic mass is 79.9. The van der Waals surface area contributed by atoms with Gasteiger partial charge in [0.05, 0.1) is 0 Å². The first-order chi connectivity index (χ1) is 6.97. The second kappa shape index (κ2) is 5.00. The standard InChI is InChI=1S/C8H8BrF2NO2S/c9-3-4-12-15(13,14)8-2-1-6(10)5-7(8)11/h1-2,5,12H,3-4H2. The van der Waals surface area contributed by atoms with Gasteiger partial charge >= 0.3 is 0 Å². The molecule has 1 N–H and O–H groups in total. The zero-order valence-electron chi connectivity index (χ0n) is 7.50. The summed E-state index contributed by atoms with van der Waals surface area (Å²) in [6, 6.07) is 2.32. The molecule has 0 aliphatic rings. The third-order valence-electron chi connectivity index (χ3n) is 1.57. The summed E-state index contributed by atoms with van der Waals surface area (Å²) in [5.74, 6) is -1.91. The summed E-state index contributed by atoms with van der Waals surface area (Å²) >= 11 is 3.02. The number of alkyl halides is 1. The lowest BCUT2D eigenvalue weighted by Crippen LogP contribution is -2.26. The number of sulfonamides is 1. The minimum atomic E-state index is -3.89. The van der Waals surface area contributed by atoms with Crippen LogP contribution in [0.15, 0.2) is 23.1 Å². The molecule has 0 spiro atoms. The largest absolute Gasteiger partial charge is 0.243 e. The predicted molar refractivity (Wildman–Crippen MR) is 55.3 cm³/mol. The maximum Gasteiger partial charge on any atom is 0.243 e. The molecule has 84 valence electrons. The molecule has 0 radical (unpaired) electrons. The van der Waals surface area contributed by atoms with Crippen molar-refractivity contribution < 1.29 is 17.2 Å². The lowest BCUT2D eigenvalue weighted by Gasteiger charge is -2.05. The molecule has 0 saturated carbocycles. The minimum Gasteiger partial charge on any atom is -0.210 e. The number of hydrogen-bond donors (Lipinski definition) is 1. The van der Waals surface area contributed by atoms with Crippen molar-refractivity contribution in [3.8, 4) is 0 Å². The van der Waals surface area contributed by atoms with Crippen molar-refractivity contribution >= 4 is 26.0 Å². The van der Waals surface area contributed by atoms with Gasteiger partial charge in [0.2, 0.25) is 10.0 Å². The van der Waals surface area contributed by atoms with Gasteiger partial charge in [0.25, 0.3) is 0 Å². The molecular formula is C8H8BrF2NO2S. The zero-order valence-corrected chi connectivity index (χ0v) is 9.91. The molecule has 0 fully saturated rings. The fraction of sp³-hybridized carbons (Fsp3) is 0.250. The van der Waals surface area contributed by atoms with Crippen molar-refractivity contribution in [2.24, 2.45) is 0 Å². The van der Waals surface area contributed by atoms with E-state index in [9.17, 15) is 17.2 Å². The molecule has 1 rings (SSSR count). The molecule has 1 aromatic carbocycles. The van der Waals surface area contributed by atoms with Crippen LogP contribution in [0.3, 0.4) is 0 Å². The van der Waals surface area contributed by atoms with Gasteiger partial charge in [0.15, 0.2) is 0 Å². The van der Waals surface area contributed by atoms with Crippen LogP contribution >= 0.6 is 15.9 Å². The van der Waals surface area contributed by atoms with Crippen LogP contribution in [0.2, 0.25) is 0 Å². The Morgan fingerprint density at radius 3 is 2.53 bits per heavy atom. The van der Waals surface area contributed by atoms with Gasteiger partial charge in [0.1, 0.15) is 16.5 Å². The maximum absolute atomic E-state index is 13.1. The molecule has 0 aromatic heterocycles. The fourth-order valence-corrected chi connectivity index (χ4v) is 2.49. The average Bonchev–Trinajstić information content (AvgIpc) is 2.14. The van der Waals surface area contributed by atoms with Crippen molar-refractivity contribution in [2.45, 2.75) is 4.90 Å². The van der Waals surface area contributed by atoms with E-state index < -0.39 is 26.6 Å². The summed E-state index contributed by atoms with van der Waals surface area (Å²) in [5, 5.41) is 0.412. The molecule has 3 nitrogen and oxygen atoms in total. The molecule has 0 amide bonds. The van der Waals surface area contributed by atoms with Gasteiger partial charge in [-0.15, -0.1) is 0 Å². The quantitative estimate of drug-likeness (QED) is 0.859. The molecular weight excluding hydrogens is 292 g/mol. The highest BCUT2D eigenvalue weighted by molar-refractivity contribution is 9.09. The second-order valence-corrected chi connectivity index (χ2v) is 5.19. The molecule has 7 heteroatoms. The highest BCUT2D eigenvalue weighted by Crippen LogP contribution is 2.14. The Kier molecular flexibility index (Phi) is 4.18. The van der Waals surface area contributed by atoms with Crippen LogP contribution in [0.5, 0.6) is 0 Å². The Morgan fingerprint density at radius 1 is 1.33 bits per heavy atom. The van der Waals surface area contributed by atoms with E-state index in [1.54, 1.807) is 0 Å². The number of nitrogens with one attached hydrogen (secondary N) is 1. The Hall–Kier alpha value is -0.530. The van der Waals surface area contributed by atoms with E-state index in [0.717, 1.165) is 12.1 Å². The zero-order chi connectivity index (χ0) is 11.5. The van der Waals surface area contributed by atoms with E-state index in [4.69, 9.17) is 0 Å². The van der Waals surface area contributed by atoms with Gasteiger partial charge in [-0.1, -0.05) is 15.9 Å². The Balaban J connectivity index is 3.05. The summed E-state index contributed by atoms with van der Waals surface area (Å²) in [6.07, 6.45) is 0. The topological polar surface area (TPSA) is 46.2 Å². The molecule has 0 aliphatic carbocycles. The van der Waals surface area contributed by atoms with Gasteiger partial charge in [-0.25, -0.2) is 21.9 Å². The van der Waals surface area contributed by atoms with Crippen LogP contribution in [0.25, 0.3) is 0 Å². The summed E-state index contributed by atoms with van der Waals surface area (Å²) in [7, 11) is -3.89. The van der Waals surface area contributed by atoms with Crippen LogP contribution in [0.4, 0.5) is 8.78 Å². The Morgan fingerprint density at radius 2 is 2.00 bits per heavy atom. The molecule has 0 atom stereocenters. The van der Waals surface area contributed by atoms with Crippen LogP contribution in [-0.2, 0) is 10.0 Å². The number of benzene rings is 1. The normalized spacial score (nSPS) is 11.7. The summed E-state index contributed by atoms with van der Waals surface area (Å²) in [5.41, 5.74) is 0. The van der Waals surface area contributed by atoms with Crippen LogP contribution in [-0.4, -0.2) is 20.3 Å².